The predicted molar refractivity (Wildman–Crippen MR) is 100 cm³/mol. The van der Waals surface area contributed by atoms with Gasteiger partial charge in [-0.3, -0.25) is 9.59 Å². The highest BCUT2D eigenvalue weighted by atomic mass is 35.5. The van der Waals surface area contributed by atoms with Gasteiger partial charge >= 0.3 is 5.97 Å². The molecule has 0 saturated carbocycles. The van der Waals surface area contributed by atoms with Crippen LogP contribution in [0.25, 0.3) is 0 Å². The van der Waals surface area contributed by atoms with Gasteiger partial charge < -0.3 is 14.8 Å². The molecule has 2 aromatic carbocycles. The summed E-state index contributed by atoms with van der Waals surface area (Å²) in [5, 5.41) is 3.36. The first-order valence-electron chi connectivity index (χ1n) is 8.35. The van der Waals surface area contributed by atoms with Gasteiger partial charge in [0.25, 0.3) is 5.91 Å². The number of ether oxygens (including phenoxy) is 2. The third-order valence-corrected chi connectivity index (χ3v) is 4.42. The van der Waals surface area contributed by atoms with E-state index in [-0.39, 0.29) is 6.42 Å². The molecule has 0 radical (unpaired) electrons. The van der Waals surface area contributed by atoms with Crippen molar-refractivity contribution in [2.45, 2.75) is 32.4 Å². The first kappa shape index (κ1) is 20.7. The summed E-state index contributed by atoms with van der Waals surface area (Å²) in [6.07, 6.45) is -0.896. The molecular weight excluding hydrogens is 373 g/mol. The summed E-state index contributed by atoms with van der Waals surface area (Å²) in [7, 11) is 1.26. The fourth-order valence-corrected chi connectivity index (χ4v) is 2.55. The molecule has 0 aliphatic carbocycles. The largest absolute Gasteiger partial charge is 0.481 e. The predicted octanol–water partition coefficient (Wildman–Crippen LogP) is 3.98. The monoisotopic (exact) mass is 393 g/mol. The maximum Gasteiger partial charge on any atom is 0.307 e. The molecular formula is C20H21ClFNO4. The molecule has 2 aromatic rings. The number of benzene rings is 2. The number of halogens is 2. The highest BCUT2D eigenvalue weighted by molar-refractivity contribution is 6.31. The molecule has 2 atom stereocenters. The van der Waals surface area contributed by atoms with E-state index < -0.39 is 29.8 Å². The lowest BCUT2D eigenvalue weighted by Gasteiger charge is -2.21. The number of esters is 1. The minimum atomic E-state index is -0.814. The zero-order valence-electron chi connectivity index (χ0n) is 15.3. The second-order valence-electron chi connectivity index (χ2n) is 6.06. The van der Waals surface area contributed by atoms with E-state index in [0.717, 1.165) is 5.56 Å². The average molecular weight is 394 g/mol. The summed E-state index contributed by atoms with van der Waals surface area (Å²) in [5.41, 5.74) is 1.42. The van der Waals surface area contributed by atoms with Crippen molar-refractivity contribution in [1.29, 1.82) is 0 Å². The van der Waals surface area contributed by atoms with E-state index in [1.807, 2.05) is 6.92 Å². The number of aryl methyl sites for hydroxylation is 1. The van der Waals surface area contributed by atoms with Crippen LogP contribution < -0.4 is 10.1 Å². The molecule has 5 nitrogen and oxygen atoms in total. The van der Waals surface area contributed by atoms with E-state index in [0.29, 0.717) is 16.3 Å². The van der Waals surface area contributed by atoms with Crippen LogP contribution in [0.15, 0.2) is 42.5 Å². The Bertz CT molecular complexity index is 810. The Balaban J connectivity index is 2.10. The normalized spacial score (nSPS) is 12.8. The van der Waals surface area contributed by atoms with Crippen LogP contribution in [0.3, 0.4) is 0 Å². The first-order valence-corrected chi connectivity index (χ1v) is 8.73. The Labute approximate surface area is 162 Å². The molecule has 0 saturated heterocycles. The van der Waals surface area contributed by atoms with Crippen molar-refractivity contribution in [2.75, 3.05) is 7.11 Å². The van der Waals surface area contributed by atoms with Crippen LogP contribution in [0.1, 0.15) is 30.5 Å². The van der Waals surface area contributed by atoms with Crippen LogP contribution >= 0.6 is 11.6 Å². The summed E-state index contributed by atoms with van der Waals surface area (Å²) >= 11 is 5.98. The van der Waals surface area contributed by atoms with Crippen LogP contribution in [0, 0.1) is 12.7 Å². The van der Waals surface area contributed by atoms with Crippen molar-refractivity contribution in [3.63, 3.8) is 0 Å². The van der Waals surface area contributed by atoms with Crippen LogP contribution in [0.2, 0.25) is 5.02 Å². The molecule has 0 heterocycles. The minimum absolute atomic E-state index is 0.0827. The topological polar surface area (TPSA) is 64.6 Å². The smallest absolute Gasteiger partial charge is 0.307 e. The zero-order valence-corrected chi connectivity index (χ0v) is 16.0. The van der Waals surface area contributed by atoms with Gasteiger partial charge in [0.15, 0.2) is 6.10 Å². The van der Waals surface area contributed by atoms with Gasteiger partial charge in [-0.05, 0) is 55.3 Å². The number of hydrogen-bond donors (Lipinski definition) is 1. The standard InChI is InChI=1S/C20H21ClFNO4/c1-12-10-16(8-9-17(12)21)27-13(2)20(25)23-18(11-19(24)26-3)14-4-6-15(22)7-5-14/h4-10,13,18H,11H2,1-3H3,(H,23,25). The van der Waals surface area contributed by atoms with Crippen molar-refractivity contribution in [2.24, 2.45) is 0 Å². The highest BCUT2D eigenvalue weighted by Crippen LogP contribution is 2.23. The summed E-state index contributed by atoms with van der Waals surface area (Å²) in [5.74, 6) is -0.810. The maximum atomic E-state index is 13.2. The van der Waals surface area contributed by atoms with Crippen molar-refractivity contribution < 1.29 is 23.5 Å². The molecule has 7 heteroatoms. The molecule has 0 fully saturated rings. The lowest BCUT2D eigenvalue weighted by Crippen LogP contribution is -2.39. The lowest BCUT2D eigenvalue weighted by atomic mass is 10.0. The molecule has 0 spiro atoms. The van der Waals surface area contributed by atoms with Crippen LogP contribution in [-0.2, 0) is 14.3 Å². The third kappa shape index (κ3) is 5.96. The van der Waals surface area contributed by atoms with Gasteiger partial charge in [-0.2, -0.15) is 0 Å². The molecule has 2 rings (SSSR count). The Kier molecular flexibility index (Phi) is 7.19. The van der Waals surface area contributed by atoms with E-state index >= 15 is 0 Å². The number of nitrogens with one attached hydrogen (secondary N) is 1. The summed E-state index contributed by atoms with van der Waals surface area (Å²) in [6.45, 7) is 3.43. The SMILES string of the molecule is COC(=O)CC(NC(=O)C(C)Oc1ccc(Cl)c(C)c1)c1ccc(F)cc1. The Morgan fingerprint density at radius 2 is 1.85 bits per heavy atom. The maximum absolute atomic E-state index is 13.2. The second kappa shape index (κ2) is 9.37. The van der Waals surface area contributed by atoms with Gasteiger partial charge in [-0.15, -0.1) is 0 Å². The van der Waals surface area contributed by atoms with Crippen molar-refractivity contribution in [3.8, 4) is 5.75 Å². The molecule has 0 bridgehead atoms. The van der Waals surface area contributed by atoms with Gasteiger partial charge in [-0.25, -0.2) is 4.39 Å². The number of rotatable bonds is 7. The molecule has 1 amide bonds. The number of hydrogen-bond acceptors (Lipinski definition) is 4. The van der Waals surface area contributed by atoms with Gasteiger partial charge in [0.1, 0.15) is 11.6 Å². The average Bonchev–Trinajstić information content (AvgIpc) is 2.64. The Morgan fingerprint density at radius 3 is 2.44 bits per heavy atom. The Hall–Kier alpha value is -2.60. The van der Waals surface area contributed by atoms with Crippen LogP contribution in [0.5, 0.6) is 5.75 Å². The molecule has 1 N–H and O–H groups in total. The summed E-state index contributed by atoms with van der Waals surface area (Å²) < 4.78 is 23.5. The van der Waals surface area contributed by atoms with E-state index in [2.05, 4.69) is 10.1 Å². The van der Waals surface area contributed by atoms with Crippen molar-refractivity contribution >= 4 is 23.5 Å². The fraction of sp³-hybridized carbons (Fsp3) is 0.300. The van der Waals surface area contributed by atoms with Gasteiger partial charge in [0.05, 0.1) is 19.6 Å². The molecule has 0 aliphatic rings. The molecule has 0 aromatic heterocycles. The third-order valence-electron chi connectivity index (χ3n) is 4.00. The fourth-order valence-electron chi connectivity index (χ4n) is 2.43. The number of methoxy groups -OCH3 is 1. The molecule has 0 aliphatic heterocycles. The number of carbonyl (C=O) groups excluding carboxylic acids is 2. The summed E-state index contributed by atoms with van der Waals surface area (Å²) in [4.78, 5) is 24.2. The van der Waals surface area contributed by atoms with Crippen LogP contribution in [0.4, 0.5) is 4.39 Å². The number of carbonyl (C=O) groups is 2. The van der Waals surface area contributed by atoms with Crippen molar-refractivity contribution in [3.05, 3.63) is 64.4 Å². The molecule has 2 unspecified atom stereocenters. The van der Waals surface area contributed by atoms with Gasteiger partial charge in [0, 0.05) is 5.02 Å². The van der Waals surface area contributed by atoms with Gasteiger partial charge in [0.2, 0.25) is 0 Å². The lowest BCUT2D eigenvalue weighted by molar-refractivity contribution is -0.141. The van der Waals surface area contributed by atoms with E-state index in [1.165, 1.54) is 31.4 Å². The number of amides is 1. The van der Waals surface area contributed by atoms with E-state index in [9.17, 15) is 14.0 Å². The minimum Gasteiger partial charge on any atom is -0.481 e. The summed E-state index contributed by atoms with van der Waals surface area (Å²) in [6, 6.07) is 9.99. The molecule has 144 valence electrons. The van der Waals surface area contributed by atoms with E-state index in [4.69, 9.17) is 16.3 Å². The second-order valence-corrected chi connectivity index (χ2v) is 6.47. The molecule has 27 heavy (non-hydrogen) atoms. The first-order chi connectivity index (χ1) is 12.8. The highest BCUT2D eigenvalue weighted by Gasteiger charge is 2.23. The van der Waals surface area contributed by atoms with E-state index in [1.54, 1.807) is 25.1 Å². The van der Waals surface area contributed by atoms with Crippen molar-refractivity contribution in [1.82, 2.24) is 5.32 Å². The van der Waals surface area contributed by atoms with Crippen LogP contribution in [-0.4, -0.2) is 25.1 Å². The Morgan fingerprint density at radius 1 is 1.19 bits per heavy atom. The van der Waals surface area contributed by atoms with Gasteiger partial charge in [-0.1, -0.05) is 23.7 Å². The quantitative estimate of drug-likeness (QED) is 0.723. The zero-order chi connectivity index (χ0) is 20.0.